The van der Waals surface area contributed by atoms with E-state index in [9.17, 15) is 14.9 Å². The quantitative estimate of drug-likeness (QED) is 0.601. The summed E-state index contributed by atoms with van der Waals surface area (Å²) < 4.78 is 0. The van der Waals surface area contributed by atoms with Gasteiger partial charge in [-0.1, -0.05) is 18.2 Å². The number of nitro benzene ring substituents is 1. The van der Waals surface area contributed by atoms with Gasteiger partial charge < -0.3 is 15.5 Å². The van der Waals surface area contributed by atoms with E-state index in [-0.39, 0.29) is 24.0 Å². The Labute approximate surface area is 164 Å². The van der Waals surface area contributed by atoms with E-state index < -0.39 is 4.92 Å². The largest absolute Gasteiger partial charge is 0.350 e. The van der Waals surface area contributed by atoms with E-state index in [2.05, 4.69) is 10.6 Å². The first-order valence-electron chi connectivity index (χ1n) is 8.65. The van der Waals surface area contributed by atoms with Crippen molar-refractivity contribution in [1.29, 1.82) is 0 Å². The van der Waals surface area contributed by atoms with E-state index in [1.54, 1.807) is 17.0 Å². The van der Waals surface area contributed by atoms with E-state index in [0.29, 0.717) is 30.4 Å². The third-order valence-corrected chi connectivity index (χ3v) is 4.68. The maximum Gasteiger partial charge on any atom is 0.293 e. The number of halogens is 1. The topological polar surface area (TPSA) is 87.5 Å². The third kappa shape index (κ3) is 4.96. The first-order valence-corrected chi connectivity index (χ1v) is 8.65. The molecule has 8 heteroatoms. The van der Waals surface area contributed by atoms with Gasteiger partial charge in [-0.2, -0.15) is 0 Å². The van der Waals surface area contributed by atoms with Crippen molar-refractivity contribution in [2.24, 2.45) is 0 Å². The molecule has 0 bridgehead atoms. The number of anilines is 2. The number of nitrogens with one attached hydrogen (secondary N) is 2. The SMILES string of the molecule is CNC1CCN(C(=O)c2ccc(Nc3ccccc3)c([N+](=O)[O-])c2)CC1.Cl. The van der Waals surface area contributed by atoms with Gasteiger partial charge in [-0.05, 0) is 44.2 Å². The predicted octanol–water partition coefficient (Wildman–Crippen LogP) is 3.58. The maximum atomic E-state index is 12.7. The van der Waals surface area contributed by atoms with Crippen LogP contribution in [0.5, 0.6) is 0 Å². The van der Waals surface area contributed by atoms with Crippen molar-refractivity contribution in [3.8, 4) is 0 Å². The van der Waals surface area contributed by atoms with Crippen LogP contribution in [0.2, 0.25) is 0 Å². The van der Waals surface area contributed by atoms with Crippen LogP contribution in [-0.4, -0.2) is 41.9 Å². The Morgan fingerprint density at radius 2 is 1.81 bits per heavy atom. The van der Waals surface area contributed by atoms with Crippen LogP contribution in [0, 0.1) is 10.1 Å². The van der Waals surface area contributed by atoms with Gasteiger partial charge in [0.05, 0.1) is 4.92 Å². The number of likely N-dealkylation sites (tertiary alicyclic amines) is 1. The lowest BCUT2D eigenvalue weighted by Crippen LogP contribution is -2.43. The van der Waals surface area contributed by atoms with Gasteiger partial charge >= 0.3 is 0 Å². The lowest BCUT2D eigenvalue weighted by atomic mass is 10.0. The highest BCUT2D eigenvalue weighted by molar-refractivity contribution is 5.96. The standard InChI is InChI=1S/C19H22N4O3.ClH/c1-20-15-9-11-22(12-10-15)19(24)14-7-8-17(18(13-14)23(25)26)21-16-5-3-2-4-6-16;/h2-8,13,15,20-21H,9-12H2,1H3;1H. The van der Waals surface area contributed by atoms with Crippen molar-refractivity contribution in [2.75, 3.05) is 25.5 Å². The molecule has 1 heterocycles. The molecule has 1 saturated heterocycles. The summed E-state index contributed by atoms with van der Waals surface area (Å²) in [4.78, 5) is 25.5. The third-order valence-electron chi connectivity index (χ3n) is 4.68. The zero-order valence-corrected chi connectivity index (χ0v) is 15.9. The molecule has 1 amide bonds. The summed E-state index contributed by atoms with van der Waals surface area (Å²) in [7, 11) is 1.92. The van der Waals surface area contributed by atoms with Crippen molar-refractivity contribution >= 4 is 35.4 Å². The minimum atomic E-state index is -0.463. The Balaban J connectivity index is 0.00000261. The van der Waals surface area contributed by atoms with Gasteiger partial charge in [0.1, 0.15) is 5.69 Å². The molecule has 0 aromatic heterocycles. The van der Waals surface area contributed by atoms with Crippen molar-refractivity contribution < 1.29 is 9.72 Å². The monoisotopic (exact) mass is 390 g/mol. The molecule has 2 aromatic carbocycles. The average molecular weight is 391 g/mol. The fourth-order valence-electron chi connectivity index (χ4n) is 3.15. The van der Waals surface area contributed by atoms with Crippen LogP contribution in [0.15, 0.2) is 48.5 Å². The minimum absolute atomic E-state index is 0. The molecular formula is C19H23ClN4O3. The Morgan fingerprint density at radius 3 is 2.41 bits per heavy atom. The Hall–Kier alpha value is -2.64. The number of hydrogen-bond acceptors (Lipinski definition) is 5. The molecule has 3 rings (SSSR count). The molecule has 1 fully saturated rings. The minimum Gasteiger partial charge on any atom is -0.350 e. The first-order chi connectivity index (χ1) is 12.6. The van der Waals surface area contributed by atoms with Crippen LogP contribution in [-0.2, 0) is 0 Å². The lowest BCUT2D eigenvalue weighted by Gasteiger charge is -2.31. The zero-order chi connectivity index (χ0) is 18.5. The molecule has 144 valence electrons. The Kier molecular flexibility index (Phi) is 7.15. The molecule has 1 aliphatic rings. The normalized spacial score (nSPS) is 14.3. The van der Waals surface area contributed by atoms with Crippen molar-refractivity contribution in [1.82, 2.24) is 10.2 Å². The molecule has 0 spiro atoms. The highest BCUT2D eigenvalue weighted by Crippen LogP contribution is 2.29. The molecule has 7 nitrogen and oxygen atoms in total. The second-order valence-corrected chi connectivity index (χ2v) is 6.34. The van der Waals surface area contributed by atoms with E-state index in [1.165, 1.54) is 6.07 Å². The van der Waals surface area contributed by atoms with E-state index in [4.69, 9.17) is 0 Å². The smallest absolute Gasteiger partial charge is 0.293 e. The van der Waals surface area contributed by atoms with E-state index >= 15 is 0 Å². The average Bonchev–Trinajstić information content (AvgIpc) is 2.68. The number of carbonyl (C=O) groups is 1. The van der Waals surface area contributed by atoms with Gasteiger partial charge in [0.2, 0.25) is 0 Å². The molecule has 0 aliphatic carbocycles. The van der Waals surface area contributed by atoms with Gasteiger partial charge in [0.15, 0.2) is 0 Å². The second kappa shape index (κ2) is 9.34. The molecule has 27 heavy (non-hydrogen) atoms. The van der Waals surface area contributed by atoms with Crippen LogP contribution >= 0.6 is 12.4 Å². The maximum absolute atomic E-state index is 12.7. The van der Waals surface area contributed by atoms with Crippen molar-refractivity contribution in [3.63, 3.8) is 0 Å². The van der Waals surface area contributed by atoms with Gasteiger partial charge in [-0.25, -0.2) is 0 Å². The van der Waals surface area contributed by atoms with Crippen molar-refractivity contribution in [3.05, 3.63) is 64.2 Å². The summed E-state index contributed by atoms with van der Waals surface area (Å²) in [5.74, 6) is -0.158. The van der Waals surface area contributed by atoms with Crippen LogP contribution in [0.25, 0.3) is 0 Å². The number of piperidine rings is 1. The van der Waals surface area contributed by atoms with Gasteiger partial charge in [-0.15, -0.1) is 12.4 Å². The molecule has 2 aromatic rings. The van der Waals surface area contributed by atoms with Crippen LogP contribution in [0.4, 0.5) is 17.1 Å². The molecule has 2 N–H and O–H groups in total. The van der Waals surface area contributed by atoms with E-state index in [1.807, 2.05) is 37.4 Å². The number of amides is 1. The summed E-state index contributed by atoms with van der Waals surface area (Å²) >= 11 is 0. The van der Waals surface area contributed by atoms with Crippen molar-refractivity contribution in [2.45, 2.75) is 18.9 Å². The summed E-state index contributed by atoms with van der Waals surface area (Å²) in [5.41, 5.74) is 1.36. The first kappa shape index (κ1) is 20.7. The summed E-state index contributed by atoms with van der Waals surface area (Å²) in [5, 5.41) is 17.7. The number of benzene rings is 2. The van der Waals surface area contributed by atoms with Crippen LogP contribution in [0.1, 0.15) is 23.2 Å². The fourth-order valence-corrected chi connectivity index (χ4v) is 3.15. The molecule has 0 atom stereocenters. The van der Waals surface area contributed by atoms with Crippen LogP contribution < -0.4 is 10.6 Å². The number of rotatable bonds is 5. The van der Waals surface area contributed by atoms with Gasteiger partial charge in [-0.3, -0.25) is 14.9 Å². The highest BCUT2D eigenvalue weighted by Gasteiger charge is 2.25. The number of carbonyl (C=O) groups excluding carboxylic acids is 1. The fraction of sp³-hybridized carbons (Fsp3) is 0.316. The predicted molar refractivity (Wildman–Crippen MR) is 108 cm³/mol. The number of nitro groups is 1. The Bertz CT molecular complexity index is 793. The second-order valence-electron chi connectivity index (χ2n) is 6.34. The summed E-state index contributed by atoms with van der Waals surface area (Å²) in [6.07, 6.45) is 1.77. The number of nitrogens with zero attached hydrogens (tertiary/aromatic N) is 2. The highest BCUT2D eigenvalue weighted by atomic mass is 35.5. The van der Waals surface area contributed by atoms with Gasteiger partial charge in [0, 0.05) is 36.4 Å². The zero-order valence-electron chi connectivity index (χ0n) is 15.1. The number of hydrogen-bond donors (Lipinski definition) is 2. The molecular weight excluding hydrogens is 368 g/mol. The lowest BCUT2D eigenvalue weighted by molar-refractivity contribution is -0.383. The van der Waals surface area contributed by atoms with E-state index in [0.717, 1.165) is 18.5 Å². The molecule has 0 radical (unpaired) electrons. The summed E-state index contributed by atoms with van der Waals surface area (Å²) in [6, 6.07) is 14.2. The molecule has 0 saturated carbocycles. The number of para-hydroxylation sites is 1. The summed E-state index contributed by atoms with van der Waals surface area (Å²) in [6.45, 7) is 1.31. The van der Waals surface area contributed by atoms with Gasteiger partial charge in [0.25, 0.3) is 11.6 Å². The molecule has 1 aliphatic heterocycles. The Morgan fingerprint density at radius 1 is 1.15 bits per heavy atom. The molecule has 0 unspecified atom stereocenters. The van der Waals surface area contributed by atoms with Crippen LogP contribution in [0.3, 0.4) is 0 Å².